The van der Waals surface area contributed by atoms with Gasteiger partial charge in [-0.3, -0.25) is 0 Å². The molecule has 7 rings (SSSR count). The highest BCUT2D eigenvalue weighted by Crippen LogP contribution is 2.45. The molecule has 0 bridgehead atoms. The molecule has 42 heavy (non-hydrogen) atoms. The molecule has 0 aliphatic rings. The number of anilines is 3. The lowest BCUT2D eigenvalue weighted by Crippen LogP contribution is -2.11. The maximum Gasteiger partial charge on any atom is 0.569 e. The second kappa shape index (κ2) is 11.3. The van der Waals surface area contributed by atoms with Crippen molar-refractivity contribution in [3.05, 3.63) is 158 Å². The molecule has 7 aromatic rings. The van der Waals surface area contributed by atoms with Crippen LogP contribution >= 0.6 is 0 Å². The minimum Gasteiger partial charge on any atom is -0.537 e. The summed E-state index contributed by atoms with van der Waals surface area (Å²) in [5, 5.41) is 14.2. The van der Waals surface area contributed by atoms with Gasteiger partial charge < -0.3 is 14.6 Å². The number of hydrogen-bond donors (Lipinski definition) is 1. The molecule has 0 fully saturated rings. The van der Waals surface area contributed by atoms with Gasteiger partial charge in [0.25, 0.3) is 0 Å². The molecule has 0 unspecified atom stereocenters. The molecule has 0 aliphatic carbocycles. The number of hydrogen-bond acceptors (Lipinski definition) is 3. The largest absolute Gasteiger partial charge is 0.569 e. The van der Waals surface area contributed by atoms with E-state index in [4.69, 9.17) is 4.65 Å². The predicted octanol–water partition coefficient (Wildman–Crippen LogP) is 9.70. The summed E-state index contributed by atoms with van der Waals surface area (Å²) in [6.45, 7) is 0. The van der Waals surface area contributed by atoms with Gasteiger partial charge in [0, 0.05) is 16.9 Å². The zero-order valence-electron chi connectivity index (χ0n) is 22.9. The van der Waals surface area contributed by atoms with Crippen molar-refractivity contribution in [2.75, 3.05) is 4.90 Å². The first-order chi connectivity index (χ1) is 20.8. The van der Waals surface area contributed by atoms with E-state index in [0.29, 0.717) is 5.75 Å². The molecule has 0 aromatic heterocycles. The average Bonchev–Trinajstić information content (AvgIpc) is 3.06. The minimum atomic E-state index is 0.568. The fraction of sp³-hybridized carbons (Fsp3) is 0. The van der Waals surface area contributed by atoms with Gasteiger partial charge in [-0.2, -0.15) is 0 Å². The Labute approximate surface area is 246 Å². The van der Waals surface area contributed by atoms with E-state index in [0.717, 1.165) is 47.0 Å². The van der Waals surface area contributed by atoms with Crippen molar-refractivity contribution in [2.45, 2.75) is 0 Å². The lowest BCUT2D eigenvalue weighted by atomic mass is 9.92. The van der Waals surface area contributed by atoms with Crippen molar-refractivity contribution in [1.82, 2.24) is 0 Å². The van der Waals surface area contributed by atoms with E-state index >= 15 is 0 Å². The quantitative estimate of drug-likeness (QED) is 0.161. The smallest absolute Gasteiger partial charge is 0.537 e. The minimum absolute atomic E-state index is 0.568. The summed E-state index contributed by atoms with van der Waals surface area (Å²) in [7, 11) is 0.721. The highest BCUT2D eigenvalue weighted by atomic mass is 16.5. The summed E-state index contributed by atoms with van der Waals surface area (Å²) < 4.78 is 5.37. The maximum atomic E-state index is 9.32. The van der Waals surface area contributed by atoms with Crippen LogP contribution in [-0.4, -0.2) is 12.7 Å². The first-order valence-electron chi connectivity index (χ1n) is 14.0. The highest BCUT2D eigenvalue weighted by Gasteiger charge is 2.20. The van der Waals surface area contributed by atoms with Gasteiger partial charge in [-0.25, -0.2) is 0 Å². The Morgan fingerprint density at radius 3 is 1.95 bits per heavy atom. The van der Waals surface area contributed by atoms with E-state index in [1.165, 1.54) is 21.5 Å². The van der Waals surface area contributed by atoms with E-state index in [2.05, 4.69) is 126 Å². The Morgan fingerprint density at radius 2 is 1.14 bits per heavy atom. The van der Waals surface area contributed by atoms with E-state index in [9.17, 15) is 5.02 Å². The third-order valence-electron chi connectivity index (χ3n) is 7.70. The molecule has 0 saturated heterocycles. The zero-order chi connectivity index (χ0) is 28.3. The SMILES string of the molecule is O[B]Oc1ccc(-c2ccccc2N(c2ccccc2)c2ccc3ccc4ccccc4c3c2)c(-c2ccccc2)c1. The molecule has 0 heterocycles. The second-order valence-corrected chi connectivity index (χ2v) is 10.2. The topological polar surface area (TPSA) is 32.7 Å². The van der Waals surface area contributed by atoms with Crippen LogP contribution in [0.1, 0.15) is 0 Å². The van der Waals surface area contributed by atoms with E-state index < -0.39 is 0 Å². The molecule has 0 spiro atoms. The zero-order valence-corrected chi connectivity index (χ0v) is 22.9. The number of nitrogens with zero attached hydrogens (tertiary/aromatic N) is 1. The standard InChI is InChI=1S/C38H27BNO2/c41-39-42-32-23-24-34(37(26-32)27-11-3-1-4-12-27)35-17-9-10-18-38(35)40(30-14-5-2-6-15-30)31-22-21-29-20-19-28-13-7-8-16-33(28)36(29)25-31/h1-26,41H. The van der Waals surface area contributed by atoms with Gasteiger partial charge in [-0.15, -0.1) is 0 Å². The van der Waals surface area contributed by atoms with Crippen LogP contribution in [0.2, 0.25) is 0 Å². The van der Waals surface area contributed by atoms with Crippen molar-refractivity contribution >= 4 is 46.3 Å². The molecule has 1 radical (unpaired) electrons. The Hall–Kier alpha value is -5.32. The van der Waals surface area contributed by atoms with E-state index in [1.807, 2.05) is 36.4 Å². The van der Waals surface area contributed by atoms with Gasteiger partial charge in [-0.05, 0) is 80.7 Å². The molecule has 0 saturated carbocycles. The summed E-state index contributed by atoms with van der Waals surface area (Å²) in [5.74, 6) is 0.568. The van der Waals surface area contributed by atoms with Gasteiger partial charge >= 0.3 is 7.69 Å². The molecule has 199 valence electrons. The second-order valence-electron chi connectivity index (χ2n) is 10.2. The molecule has 0 amide bonds. The van der Waals surface area contributed by atoms with Gasteiger partial charge in [-0.1, -0.05) is 115 Å². The average molecular weight is 540 g/mol. The number of benzene rings is 7. The summed E-state index contributed by atoms with van der Waals surface area (Å²) in [4.78, 5) is 2.33. The van der Waals surface area contributed by atoms with Gasteiger partial charge in [0.2, 0.25) is 0 Å². The first kappa shape index (κ1) is 25.6. The third kappa shape index (κ3) is 4.79. The molecular formula is C38H27BNO2. The van der Waals surface area contributed by atoms with Crippen LogP contribution in [0.15, 0.2) is 158 Å². The number of rotatable bonds is 7. The Morgan fingerprint density at radius 1 is 0.476 bits per heavy atom. The van der Waals surface area contributed by atoms with Gasteiger partial charge in [0.15, 0.2) is 0 Å². The summed E-state index contributed by atoms with van der Waals surface area (Å²) in [6.07, 6.45) is 0. The molecule has 0 atom stereocenters. The Bertz CT molecular complexity index is 2010. The molecular weight excluding hydrogens is 513 g/mol. The molecule has 4 heteroatoms. The third-order valence-corrected chi connectivity index (χ3v) is 7.70. The fourth-order valence-electron chi connectivity index (χ4n) is 5.78. The molecule has 7 aromatic carbocycles. The van der Waals surface area contributed by atoms with Crippen LogP contribution in [-0.2, 0) is 0 Å². The maximum absolute atomic E-state index is 9.32. The summed E-state index contributed by atoms with van der Waals surface area (Å²) in [6, 6.07) is 54.9. The predicted molar refractivity (Wildman–Crippen MR) is 176 cm³/mol. The highest BCUT2D eigenvalue weighted by molar-refractivity contribution is 6.17. The van der Waals surface area contributed by atoms with Gasteiger partial charge in [0.1, 0.15) is 5.75 Å². The molecule has 0 aliphatic heterocycles. The summed E-state index contributed by atoms with van der Waals surface area (Å²) >= 11 is 0. The monoisotopic (exact) mass is 540 g/mol. The van der Waals surface area contributed by atoms with Gasteiger partial charge in [0.05, 0.1) is 5.69 Å². The normalized spacial score (nSPS) is 11.0. The molecule has 1 N–H and O–H groups in total. The van der Waals surface area contributed by atoms with Crippen LogP contribution in [0.3, 0.4) is 0 Å². The van der Waals surface area contributed by atoms with Crippen molar-refractivity contribution in [1.29, 1.82) is 0 Å². The van der Waals surface area contributed by atoms with Crippen molar-refractivity contribution in [3.63, 3.8) is 0 Å². The van der Waals surface area contributed by atoms with E-state index in [-0.39, 0.29) is 0 Å². The van der Waals surface area contributed by atoms with Crippen LogP contribution in [0, 0.1) is 0 Å². The van der Waals surface area contributed by atoms with Crippen molar-refractivity contribution in [3.8, 4) is 28.0 Å². The van der Waals surface area contributed by atoms with E-state index in [1.54, 1.807) is 0 Å². The number of fused-ring (bicyclic) bond motifs is 3. The van der Waals surface area contributed by atoms with Crippen LogP contribution in [0.25, 0.3) is 43.8 Å². The van der Waals surface area contributed by atoms with Crippen molar-refractivity contribution < 1.29 is 9.68 Å². The lowest BCUT2D eigenvalue weighted by Gasteiger charge is -2.29. The van der Waals surface area contributed by atoms with Crippen LogP contribution < -0.4 is 9.55 Å². The summed E-state index contributed by atoms with van der Waals surface area (Å²) in [5.41, 5.74) is 7.43. The Balaban J connectivity index is 1.47. The lowest BCUT2D eigenvalue weighted by molar-refractivity contribution is 0.454. The van der Waals surface area contributed by atoms with Crippen LogP contribution in [0.5, 0.6) is 5.75 Å². The number of para-hydroxylation sites is 2. The first-order valence-corrected chi connectivity index (χ1v) is 14.0. The molecule has 3 nitrogen and oxygen atoms in total. The van der Waals surface area contributed by atoms with Crippen molar-refractivity contribution in [2.24, 2.45) is 0 Å². The Kier molecular flexibility index (Phi) is 6.89. The van der Waals surface area contributed by atoms with Crippen LogP contribution in [0.4, 0.5) is 17.1 Å². The fourth-order valence-corrected chi connectivity index (χ4v) is 5.78.